The number of nitrogens with zero attached hydrogens (tertiary/aromatic N) is 1. The highest BCUT2D eigenvalue weighted by molar-refractivity contribution is 6.03. The number of amides is 1. The number of anilines is 1. The first-order chi connectivity index (χ1) is 10.1. The average Bonchev–Trinajstić information content (AvgIpc) is 2.49. The predicted octanol–water partition coefficient (Wildman–Crippen LogP) is 2.48. The molecule has 0 aliphatic rings. The van der Waals surface area contributed by atoms with Crippen molar-refractivity contribution >= 4 is 22.5 Å². The number of rotatable bonds is 2. The molecule has 104 valence electrons. The fourth-order valence-electron chi connectivity index (χ4n) is 2.08. The van der Waals surface area contributed by atoms with Crippen LogP contribution in [0.25, 0.3) is 10.9 Å². The second-order valence-electron chi connectivity index (χ2n) is 4.75. The monoisotopic (exact) mass is 279 g/mol. The van der Waals surface area contributed by atoms with Crippen LogP contribution in [0.3, 0.4) is 0 Å². The average molecular weight is 279 g/mol. The second kappa shape index (κ2) is 5.20. The molecule has 0 radical (unpaired) electrons. The summed E-state index contributed by atoms with van der Waals surface area (Å²) in [4.78, 5) is 30.4. The van der Waals surface area contributed by atoms with Crippen molar-refractivity contribution in [3.8, 4) is 0 Å². The third-order valence-electron chi connectivity index (χ3n) is 3.19. The quantitative estimate of drug-likeness (QED) is 0.756. The second-order valence-corrected chi connectivity index (χ2v) is 4.75. The van der Waals surface area contributed by atoms with E-state index in [0.29, 0.717) is 22.5 Å². The Morgan fingerprint density at radius 2 is 2.05 bits per heavy atom. The fourth-order valence-corrected chi connectivity index (χ4v) is 2.08. The number of aromatic amines is 1. The molecule has 0 unspecified atom stereocenters. The largest absolute Gasteiger partial charge is 0.322 e. The highest BCUT2D eigenvalue weighted by Crippen LogP contribution is 2.17. The summed E-state index contributed by atoms with van der Waals surface area (Å²) in [6.07, 6.45) is 1.57. The van der Waals surface area contributed by atoms with Crippen LogP contribution in [0.15, 0.2) is 53.5 Å². The molecule has 0 saturated carbocycles. The Labute approximate surface area is 120 Å². The van der Waals surface area contributed by atoms with Crippen molar-refractivity contribution in [1.29, 1.82) is 0 Å². The van der Waals surface area contributed by atoms with Gasteiger partial charge in [-0.15, -0.1) is 0 Å². The van der Waals surface area contributed by atoms with E-state index >= 15 is 0 Å². The zero-order valence-corrected chi connectivity index (χ0v) is 11.4. The van der Waals surface area contributed by atoms with Gasteiger partial charge in [-0.3, -0.25) is 14.6 Å². The van der Waals surface area contributed by atoms with Crippen molar-refractivity contribution in [1.82, 2.24) is 9.97 Å². The molecule has 0 aliphatic carbocycles. The zero-order valence-electron chi connectivity index (χ0n) is 11.4. The minimum absolute atomic E-state index is 0.129. The van der Waals surface area contributed by atoms with E-state index in [-0.39, 0.29) is 11.5 Å². The van der Waals surface area contributed by atoms with Crippen LogP contribution in [0.5, 0.6) is 0 Å². The molecule has 21 heavy (non-hydrogen) atoms. The van der Waals surface area contributed by atoms with Gasteiger partial charge in [0.15, 0.2) is 0 Å². The summed E-state index contributed by atoms with van der Waals surface area (Å²) in [6.45, 7) is 1.76. The molecule has 1 aromatic carbocycles. The summed E-state index contributed by atoms with van der Waals surface area (Å²) in [5.41, 5.74) is 2.17. The van der Waals surface area contributed by atoms with Gasteiger partial charge < -0.3 is 10.3 Å². The van der Waals surface area contributed by atoms with Gasteiger partial charge in [0.1, 0.15) is 5.69 Å². The van der Waals surface area contributed by atoms with Gasteiger partial charge in [0.05, 0.1) is 5.52 Å². The highest BCUT2D eigenvalue weighted by atomic mass is 16.2. The van der Waals surface area contributed by atoms with Crippen molar-refractivity contribution in [3.05, 3.63) is 70.3 Å². The van der Waals surface area contributed by atoms with Crippen molar-refractivity contribution < 1.29 is 4.79 Å². The van der Waals surface area contributed by atoms with Crippen molar-refractivity contribution in [2.45, 2.75) is 6.92 Å². The zero-order chi connectivity index (χ0) is 14.8. The smallest absolute Gasteiger partial charge is 0.274 e. The van der Waals surface area contributed by atoms with Gasteiger partial charge >= 0.3 is 0 Å². The molecule has 1 amide bonds. The topological polar surface area (TPSA) is 74.8 Å². The molecule has 2 N–H and O–H groups in total. The molecular formula is C16H13N3O2. The minimum Gasteiger partial charge on any atom is -0.322 e. The summed E-state index contributed by atoms with van der Waals surface area (Å²) >= 11 is 0. The van der Waals surface area contributed by atoms with E-state index < -0.39 is 0 Å². The number of aryl methyl sites for hydroxylation is 1. The maximum atomic E-state index is 12.0. The molecule has 5 heteroatoms. The number of fused-ring (bicyclic) bond motifs is 1. The van der Waals surface area contributed by atoms with Crippen LogP contribution in [0.2, 0.25) is 0 Å². The Kier molecular flexibility index (Phi) is 3.23. The third-order valence-corrected chi connectivity index (χ3v) is 3.19. The first kappa shape index (κ1) is 13.1. The van der Waals surface area contributed by atoms with Gasteiger partial charge in [0, 0.05) is 17.4 Å². The van der Waals surface area contributed by atoms with Gasteiger partial charge in [0.25, 0.3) is 11.5 Å². The molecule has 0 bridgehead atoms. The minimum atomic E-state index is -0.288. The van der Waals surface area contributed by atoms with E-state index in [2.05, 4.69) is 15.3 Å². The molecule has 5 nitrogen and oxygen atoms in total. The number of H-pyrrole nitrogens is 1. The van der Waals surface area contributed by atoms with E-state index in [4.69, 9.17) is 0 Å². The lowest BCUT2D eigenvalue weighted by Gasteiger charge is -2.06. The first-order valence-corrected chi connectivity index (χ1v) is 6.49. The molecule has 2 heterocycles. The Morgan fingerprint density at radius 1 is 1.19 bits per heavy atom. The molecule has 0 atom stereocenters. The normalized spacial score (nSPS) is 10.5. The van der Waals surface area contributed by atoms with E-state index in [1.807, 2.05) is 12.1 Å². The highest BCUT2D eigenvalue weighted by Gasteiger charge is 2.07. The fraction of sp³-hybridized carbons (Fsp3) is 0.0625. The predicted molar refractivity (Wildman–Crippen MR) is 81.5 cm³/mol. The molecule has 0 saturated heterocycles. The molecule has 0 spiro atoms. The van der Waals surface area contributed by atoms with Crippen LogP contribution >= 0.6 is 0 Å². The number of nitrogens with one attached hydrogen (secondary N) is 2. The number of carbonyl (C=O) groups is 1. The van der Waals surface area contributed by atoms with E-state index in [0.717, 1.165) is 5.39 Å². The molecule has 2 aromatic heterocycles. The maximum absolute atomic E-state index is 12.0. The number of benzene rings is 1. The van der Waals surface area contributed by atoms with Crippen LogP contribution < -0.4 is 10.9 Å². The number of aromatic nitrogens is 2. The summed E-state index contributed by atoms with van der Waals surface area (Å²) in [6, 6.07) is 12.3. The van der Waals surface area contributed by atoms with Gasteiger partial charge in [-0.05, 0) is 42.6 Å². The molecule has 3 aromatic rings. The van der Waals surface area contributed by atoms with Crippen molar-refractivity contribution in [2.24, 2.45) is 0 Å². The lowest BCUT2D eigenvalue weighted by Crippen LogP contribution is -2.13. The van der Waals surface area contributed by atoms with Gasteiger partial charge in [-0.1, -0.05) is 12.1 Å². The summed E-state index contributed by atoms with van der Waals surface area (Å²) in [5.74, 6) is -0.288. The third kappa shape index (κ3) is 2.67. The standard InChI is InChI=1S/C16H13N3O2/c1-10-8-11-5-6-12(9-14(11)19-15(10)20)18-16(21)13-4-2-3-7-17-13/h2-9H,1H3,(H,18,21)(H,19,20). The number of pyridine rings is 2. The van der Waals surface area contributed by atoms with Gasteiger partial charge in [-0.2, -0.15) is 0 Å². The Bertz CT molecular complexity index is 870. The first-order valence-electron chi connectivity index (χ1n) is 6.49. The molecule has 3 rings (SSSR count). The Morgan fingerprint density at radius 3 is 2.81 bits per heavy atom. The van der Waals surface area contributed by atoms with Gasteiger partial charge in [0.2, 0.25) is 0 Å². The lowest BCUT2D eigenvalue weighted by molar-refractivity contribution is 0.102. The summed E-state index contributed by atoms with van der Waals surface area (Å²) < 4.78 is 0. The van der Waals surface area contributed by atoms with Crippen LogP contribution in [0.1, 0.15) is 16.1 Å². The van der Waals surface area contributed by atoms with E-state index in [1.54, 1.807) is 43.5 Å². The number of hydrogen-bond donors (Lipinski definition) is 2. The van der Waals surface area contributed by atoms with E-state index in [1.165, 1.54) is 0 Å². The van der Waals surface area contributed by atoms with Crippen molar-refractivity contribution in [3.63, 3.8) is 0 Å². The maximum Gasteiger partial charge on any atom is 0.274 e. The summed E-state index contributed by atoms with van der Waals surface area (Å²) in [5, 5.41) is 3.68. The Balaban J connectivity index is 1.93. The van der Waals surface area contributed by atoms with E-state index in [9.17, 15) is 9.59 Å². The Hall–Kier alpha value is -2.95. The lowest BCUT2D eigenvalue weighted by atomic mass is 10.1. The molecular weight excluding hydrogens is 266 g/mol. The SMILES string of the molecule is Cc1cc2ccc(NC(=O)c3ccccn3)cc2[nH]c1=O. The van der Waals surface area contributed by atoms with Gasteiger partial charge in [-0.25, -0.2) is 0 Å². The molecule has 0 aliphatic heterocycles. The van der Waals surface area contributed by atoms with Crippen LogP contribution in [0.4, 0.5) is 5.69 Å². The van der Waals surface area contributed by atoms with Crippen LogP contribution in [-0.4, -0.2) is 15.9 Å². The summed E-state index contributed by atoms with van der Waals surface area (Å²) in [7, 11) is 0. The molecule has 0 fully saturated rings. The van der Waals surface area contributed by atoms with Crippen LogP contribution in [0, 0.1) is 6.92 Å². The van der Waals surface area contributed by atoms with Crippen LogP contribution in [-0.2, 0) is 0 Å². The number of hydrogen-bond acceptors (Lipinski definition) is 3. The number of carbonyl (C=O) groups excluding carboxylic acids is 1. The van der Waals surface area contributed by atoms with Crippen molar-refractivity contribution in [2.75, 3.05) is 5.32 Å².